The molecule has 2 aliphatic rings. The fourth-order valence-corrected chi connectivity index (χ4v) is 5.93. The zero-order valence-corrected chi connectivity index (χ0v) is 27.7. The van der Waals surface area contributed by atoms with Crippen molar-refractivity contribution in [2.75, 3.05) is 68.3 Å². The summed E-state index contributed by atoms with van der Waals surface area (Å²) in [6.07, 6.45) is 11.5. The van der Waals surface area contributed by atoms with E-state index in [-0.39, 0.29) is 6.61 Å². The lowest BCUT2D eigenvalue weighted by Gasteiger charge is -2.31. The number of allylic oxidation sites excluding steroid dienone is 1. The molecule has 11 heteroatoms. The summed E-state index contributed by atoms with van der Waals surface area (Å²) in [5.74, 6) is 4.67. The number of halogens is 1. The number of hydrogen-bond donors (Lipinski definition) is 1. The molecule has 1 N–H and O–H groups in total. The average Bonchev–Trinajstić information content (AvgIpc) is 3.09. The third-order valence-electron chi connectivity index (χ3n) is 7.94. The SMILES string of the molecule is C=CCc1ccc(OCCOc2c(Cl)cc(/C=N/Nc3cc(N4CCCCC4)nc(N4CCCCC4)n3)cc2OCC)c(OC)c1. The second kappa shape index (κ2) is 16.9. The molecular weight excluding hydrogens is 604 g/mol. The molecule has 5 rings (SSSR count). The van der Waals surface area contributed by atoms with Crippen LogP contribution in [0.3, 0.4) is 0 Å². The highest BCUT2D eigenvalue weighted by Crippen LogP contribution is 2.37. The van der Waals surface area contributed by atoms with Crippen molar-refractivity contribution in [2.24, 2.45) is 5.10 Å². The van der Waals surface area contributed by atoms with Crippen molar-refractivity contribution in [1.82, 2.24) is 9.97 Å². The summed E-state index contributed by atoms with van der Waals surface area (Å²) in [5, 5.41) is 4.92. The van der Waals surface area contributed by atoms with E-state index in [2.05, 4.69) is 26.9 Å². The van der Waals surface area contributed by atoms with E-state index in [4.69, 9.17) is 40.5 Å². The highest BCUT2D eigenvalue weighted by atomic mass is 35.5. The van der Waals surface area contributed by atoms with Crippen LogP contribution in [-0.4, -0.2) is 69.3 Å². The standard InChI is InChI=1S/C35H45ClN6O4/c1-4-12-26-13-14-29(30(22-26)43-3)45-19-20-46-34-28(36)21-27(23-31(34)44-5-2)25-37-40-32-24-33(41-15-8-6-9-16-41)39-35(38-32)42-17-10-7-11-18-42/h4,13-14,21-25H,1,5-12,15-20H2,2-3H3,(H,38,39,40)/b37-25+. The number of ether oxygens (including phenoxy) is 4. The third kappa shape index (κ3) is 8.96. The topological polar surface area (TPSA) is 93.6 Å². The molecule has 2 aliphatic heterocycles. The molecule has 0 spiro atoms. The lowest BCUT2D eigenvalue weighted by molar-refractivity contribution is 0.203. The van der Waals surface area contributed by atoms with Gasteiger partial charge in [0.2, 0.25) is 5.95 Å². The molecule has 0 unspecified atom stereocenters. The van der Waals surface area contributed by atoms with Gasteiger partial charge < -0.3 is 28.7 Å². The number of anilines is 3. The van der Waals surface area contributed by atoms with Gasteiger partial charge in [-0.2, -0.15) is 15.1 Å². The maximum absolute atomic E-state index is 6.68. The van der Waals surface area contributed by atoms with E-state index >= 15 is 0 Å². The van der Waals surface area contributed by atoms with Crippen LogP contribution in [0.1, 0.15) is 56.6 Å². The second-order valence-corrected chi connectivity index (χ2v) is 11.7. The number of aromatic nitrogens is 2. The number of nitrogens with one attached hydrogen (secondary N) is 1. The van der Waals surface area contributed by atoms with Crippen molar-refractivity contribution >= 4 is 35.4 Å². The number of rotatable bonds is 15. The second-order valence-electron chi connectivity index (χ2n) is 11.3. The molecule has 0 bridgehead atoms. The lowest BCUT2D eigenvalue weighted by Crippen LogP contribution is -2.33. The zero-order chi connectivity index (χ0) is 32.1. The van der Waals surface area contributed by atoms with Crippen LogP contribution >= 0.6 is 11.6 Å². The summed E-state index contributed by atoms with van der Waals surface area (Å²) in [4.78, 5) is 14.4. The van der Waals surface area contributed by atoms with Crippen molar-refractivity contribution in [3.8, 4) is 23.0 Å². The largest absolute Gasteiger partial charge is 0.493 e. The molecule has 2 fully saturated rings. The highest BCUT2D eigenvalue weighted by molar-refractivity contribution is 6.32. The molecule has 0 atom stereocenters. The van der Waals surface area contributed by atoms with Crippen molar-refractivity contribution in [2.45, 2.75) is 51.9 Å². The summed E-state index contributed by atoms with van der Waals surface area (Å²) in [6, 6.07) is 11.5. The van der Waals surface area contributed by atoms with Gasteiger partial charge in [0.25, 0.3) is 0 Å². The predicted octanol–water partition coefficient (Wildman–Crippen LogP) is 7.15. The molecule has 0 amide bonds. The Morgan fingerprint density at radius 2 is 1.61 bits per heavy atom. The van der Waals surface area contributed by atoms with E-state index in [1.807, 2.05) is 43.3 Å². The molecule has 246 valence electrons. The van der Waals surface area contributed by atoms with Crippen LogP contribution in [0, 0.1) is 0 Å². The van der Waals surface area contributed by atoms with Gasteiger partial charge in [-0.15, -0.1) is 6.58 Å². The number of benzene rings is 2. The number of piperidine rings is 2. The summed E-state index contributed by atoms with van der Waals surface area (Å²) in [7, 11) is 1.62. The van der Waals surface area contributed by atoms with E-state index in [1.54, 1.807) is 19.4 Å². The van der Waals surface area contributed by atoms with Crippen molar-refractivity contribution < 1.29 is 18.9 Å². The Hall–Kier alpha value is -4.18. The summed E-state index contributed by atoms with van der Waals surface area (Å²) >= 11 is 6.68. The Morgan fingerprint density at radius 1 is 0.870 bits per heavy atom. The van der Waals surface area contributed by atoms with Crippen LogP contribution in [0.25, 0.3) is 0 Å². The first-order valence-corrected chi connectivity index (χ1v) is 16.6. The van der Waals surface area contributed by atoms with E-state index < -0.39 is 0 Å². The van der Waals surface area contributed by atoms with Gasteiger partial charge in [-0.05, 0) is 87.3 Å². The van der Waals surface area contributed by atoms with Crippen LogP contribution < -0.4 is 34.2 Å². The summed E-state index contributed by atoms with van der Waals surface area (Å²) in [6.45, 7) is 10.7. The number of hydrazone groups is 1. The van der Waals surface area contributed by atoms with Crippen LogP contribution in [0.15, 0.2) is 54.2 Å². The molecule has 0 radical (unpaired) electrons. The maximum atomic E-state index is 6.68. The van der Waals surface area contributed by atoms with Crippen molar-refractivity contribution in [1.29, 1.82) is 0 Å². The molecule has 3 aromatic rings. The Labute approximate surface area is 277 Å². The quantitative estimate of drug-likeness (QED) is 0.0798. The minimum Gasteiger partial charge on any atom is -0.493 e. The van der Waals surface area contributed by atoms with Crippen LogP contribution in [0.5, 0.6) is 23.0 Å². The smallest absolute Gasteiger partial charge is 0.229 e. The normalized spacial score (nSPS) is 15.1. The van der Waals surface area contributed by atoms with E-state index in [0.717, 1.165) is 68.3 Å². The van der Waals surface area contributed by atoms with Gasteiger partial charge in [0.15, 0.2) is 28.8 Å². The van der Waals surface area contributed by atoms with Gasteiger partial charge in [-0.3, -0.25) is 5.43 Å². The monoisotopic (exact) mass is 648 g/mol. The first-order valence-electron chi connectivity index (χ1n) is 16.3. The van der Waals surface area contributed by atoms with Gasteiger partial charge in [0.05, 0.1) is 25.0 Å². The molecule has 10 nitrogen and oxygen atoms in total. The Morgan fingerprint density at radius 3 is 2.33 bits per heavy atom. The van der Waals surface area contributed by atoms with Gasteiger partial charge in [-0.1, -0.05) is 23.7 Å². The zero-order valence-electron chi connectivity index (χ0n) is 27.0. The fraction of sp³-hybridized carbons (Fsp3) is 0.457. The minimum atomic E-state index is 0.263. The molecule has 1 aromatic heterocycles. The van der Waals surface area contributed by atoms with Crippen LogP contribution in [0.2, 0.25) is 5.02 Å². The molecule has 46 heavy (non-hydrogen) atoms. The summed E-state index contributed by atoms with van der Waals surface area (Å²) in [5.41, 5.74) is 4.99. The molecule has 2 saturated heterocycles. The van der Waals surface area contributed by atoms with Gasteiger partial charge >= 0.3 is 0 Å². The number of hydrogen-bond acceptors (Lipinski definition) is 10. The molecule has 0 saturated carbocycles. The molecule has 2 aromatic carbocycles. The van der Waals surface area contributed by atoms with Crippen molar-refractivity contribution in [3.63, 3.8) is 0 Å². The highest BCUT2D eigenvalue weighted by Gasteiger charge is 2.19. The van der Waals surface area contributed by atoms with Gasteiger partial charge in [0, 0.05) is 32.2 Å². The molecule has 3 heterocycles. The lowest BCUT2D eigenvalue weighted by atomic mass is 10.1. The Bertz CT molecular complexity index is 1440. The van der Waals surface area contributed by atoms with Crippen LogP contribution in [-0.2, 0) is 6.42 Å². The predicted molar refractivity (Wildman–Crippen MR) is 186 cm³/mol. The fourth-order valence-electron chi connectivity index (χ4n) is 5.66. The third-order valence-corrected chi connectivity index (χ3v) is 8.22. The van der Waals surface area contributed by atoms with Crippen LogP contribution in [0.4, 0.5) is 17.6 Å². The molecular formula is C35H45ClN6O4. The minimum absolute atomic E-state index is 0.263. The average molecular weight is 649 g/mol. The maximum Gasteiger partial charge on any atom is 0.229 e. The summed E-state index contributed by atoms with van der Waals surface area (Å²) < 4.78 is 23.3. The van der Waals surface area contributed by atoms with Crippen molar-refractivity contribution in [3.05, 3.63) is 65.2 Å². The van der Waals surface area contributed by atoms with Gasteiger partial charge in [0.1, 0.15) is 19.0 Å². The van der Waals surface area contributed by atoms with E-state index in [1.165, 1.54) is 25.7 Å². The Balaban J connectivity index is 1.24. The van der Waals surface area contributed by atoms with E-state index in [0.29, 0.717) is 47.1 Å². The Kier molecular flexibility index (Phi) is 12.2. The number of nitrogens with zero attached hydrogens (tertiary/aromatic N) is 5. The molecule has 0 aliphatic carbocycles. The van der Waals surface area contributed by atoms with E-state index in [9.17, 15) is 0 Å². The van der Waals surface area contributed by atoms with Gasteiger partial charge in [-0.25, -0.2) is 0 Å². The first kappa shape index (κ1) is 33.2. The number of methoxy groups -OCH3 is 1. The first-order chi connectivity index (χ1) is 22.6.